The molecule has 1 atom stereocenters. The minimum atomic E-state index is -0.0835. The maximum Gasteiger partial charge on any atom is 0.252 e. The summed E-state index contributed by atoms with van der Waals surface area (Å²) in [6, 6.07) is 14.2. The van der Waals surface area contributed by atoms with E-state index in [0.717, 1.165) is 0 Å². The van der Waals surface area contributed by atoms with E-state index < -0.39 is 0 Å². The molecule has 0 saturated carbocycles. The number of carbonyl (C=O) groups excluding carboxylic acids is 1. The summed E-state index contributed by atoms with van der Waals surface area (Å²) in [5.41, 5.74) is 4.28. The van der Waals surface area contributed by atoms with Crippen molar-refractivity contribution in [2.45, 2.75) is 26.7 Å². The van der Waals surface area contributed by atoms with Crippen molar-refractivity contribution < 1.29 is 4.79 Å². The average Bonchev–Trinajstić information content (AvgIpc) is 3.23. The normalized spacial score (nSPS) is 11.2. The molecule has 0 radical (unpaired) electrons. The lowest BCUT2D eigenvalue weighted by atomic mass is 9.98. The third-order valence-electron chi connectivity index (χ3n) is 3.83. The Morgan fingerprint density at radius 2 is 1.88 bits per heavy atom. The number of carbonyl (C=O) groups is 1. The quantitative estimate of drug-likeness (QED) is 0.671. The van der Waals surface area contributed by atoms with Crippen LogP contribution < -0.4 is 5.32 Å². The second kappa shape index (κ2) is 9.74. The molecule has 2 heterocycles. The van der Waals surface area contributed by atoms with Crippen LogP contribution >= 0.6 is 11.3 Å². The van der Waals surface area contributed by atoms with E-state index in [9.17, 15) is 4.79 Å². The first-order valence-corrected chi connectivity index (χ1v) is 9.49. The molecule has 1 amide bonds. The van der Waals surface area contributed by atoms with Crippen molar-refractivity contribution in [3.63, 3.8) is 0 Å². The van der Waals surface area contributed by atoms with E-state index in [2.05, 4.69) is 58.3 Å². The molecular formula is C21H24N2OS. The predicted octanol–water partition coefficient (Wildman–Crippen LogP) is 5.37. The number of rotatable bonds is 5. The van der Waals surface area contributed by atoms with Crippen LogP contribution in [0.1, 0.15) is 42.6 Å². The van der Waals surface area contributed by atoms with E-state index in [1.54, 1.807) is 35.9 Å². The fourth-order valence-electron chi connectivity index (χ4n) is 2.40. The van der Waals surface area contributed by atoms with Gasteiger partial charge in [-0.15, -0.1) is 0 Å². The number of pyridine rings is 1. The highest BCUT2D eigenvalue weighted by Gasteiger charge is 2.10. The van der Waals surface area contributed by atoms with Crippen molar-refractivity contribution >= 4 is 17.2 Å². The third kappa shape index (κ3) is 5.26. The van der Waals surface area contributed by atoms with E-state index in [0.29, 0.717) is 12.1 Å². The zero-order valence-corrected chi connectivity index (χ0v) is 15.7. The van der Waals surface area contributed by atoms with Crippen LogP contribution in [0, 0.1) is 0 Å². The molecule has 1 aromatic carbocycles. The maximum absolute atomic E-state index is 12.0. The topological polar surface area (TPSA) is 42.0 Å². The van der Waals surface area contributed by atoms with E-state index in [1.807, 2.05) is 13.8 Å². The number of hydrogen-bond acceptors (Lipinski definition) is 3. The predicted molar refractivity (Wildman–Crippen MR) is 106 cm³/mol. The molecule has 0 aliphatic heterocycles. The Kier molecular flexibility index (Phi) is 7.36. The molecule has 0 saturated heterocycles. The van der Waals surface area contributed by atoms with E-state index >= 15 is 0 Å². The van der Waals surface area contributed by atoms with Crippen molar-refractivity contribution in [3.8, 4) is 11.1 Å². The van der Waals surface area contributed by atoms with Crippen molar-refractivity contribution in [1.82, 2.24) is 10.3 Å². The molecule has 130 valence electrons. The standard InChI is InChI=1S/C19H18N2OS.C2H6/c1-14(11-21-19(22)17-3-2-9-20-12-17)15-4-6-16(7-5-15)18-8-10-23-13-18;1-2/h2-10,12-14H,11H2,1H3,(H,21,22);1-2H3. The Morgan fingerprint density at radius 3 is 2.48 bits per heavy atom. The van der Waals surface area contributed by atoms with Crippen LogP contribution in [0.25, 0.3) is 11.1 Å². The van der Waals surface area contributed by atoms with Crippen LogP contribution in [0.2, 0.25) is 0 Å². The molecule has 0 aliphatic rings. The Balaban J connectivity index is 0.00000109. The molecular weight excluding hydrogens is 328 g/mol. The first-order chi connectivity index (χ1) is 12.2. The maximum atomic E-state index is 12.0. The summed E-state index contributed by atoms with van der Waals surface area (Å²) >= 11 is 1.70. The Bertz CT molecular complexity index is 752. The second-order valence-electron chi connectivity index (χ2n) is 5.49. The molecule has 3 rings (SSSR count). The van der Waals surface area contributed by atoms with Crippen molar-refractivity contribution in [1.29, 1.82) is 0 Å². The van der Waals surface area contributed by atoms with Crippen molar-refractivity contribution in [3.05, 3.63) is 76.7 Å². The van der Waals surface area contributed by atoms with Gasteiger partial charge in [-0.25, -0.2) is 0 Å². The fourth-order valence-corrected chi connectivity index (χ4v) is 3.06. The van der Waals surface area contributed by atoms with Gasteiger partial charge in [0.15, 0.2) is 0 Å². The zero-order chi connectivity index (χ0) is 18.1. The van der Waals surface area contributed by atoms with Gasteiger partial charge in [-0.1, -0.05) is 45.0 Å². The van der Waals surface area contributed by atoms with Gasteiger partial charge in [-0.05, 0) is 51.6 Å². The summed E-state index contributed by atoms with van der Waals surface area (Å²) in [4.78, 5) is 16.0. The molecule has 0 aliphatic carbocycles. The van der Waals surface area contributed by atoms with Gasteiger partial charge >= 0.3 is 0 Å². The lowest BCUT2D eigenvalue weighted by Gasteiger charge is -2.13. The van der Waals surface area contributed by atoms with E-state index in [-0.39, 0.29) is 11.8 Å². The van der Waals surface area contributed by atoms with Gasteiger partial charge in [0.2, 0.25) is 0 Å². The van der Waals surface area contributed by atoms with Crippen LogP contribution in [-0.2, 0) is 0 Å². The highest BCUT2D eigenvalue weighted by molar-refractivity contribution is 7.08. The van der Waals surface area contributed by atoms with Gasteiger partial charge in [-0.2, -0.15) is 11.3 Å². The summed E-state index contributed by atoms with van der Waals surface area (Å²) in [5, 5.41) is 7.19. The summed E-state index contributed by atoms with van der Waals surface area (Å²) < 4.78 is 0. The monoisotopic (exact) mass is 352 g/mol. The molecule has 0 bridgehead atoms. The molecule has 2 aromatic heterocycles. The largest absolute Gasteiger partial charge is 0.351 e. The molecule has 0 spiro atoms. The Morgan fingerprint density at radius 1 is 1.12 bits per heavy atom. The smallest absolute Gasteiger partial charge is 0.252 e. The third-order valence-corrected chi connectivity index (χ3v) is 4.51. The van der Waals surface area contributed by atoms with Gasteiger partial charge in [-0.3, -0.25) is 9.78 Å². The summed E-state index contributed by atoms with van der Waals surface area (Å²) in [6.45, 7) is 6.72. The molecule has 25 heavy (non-hydrogen) atoms. The van der Waals surface area contributed by atoms with E-state index in [4.69, 9.17) is 0 Å². The molecule has 4 heteroatoms. The van der Waals surface area contributed by atoms with Crippen LogP contribution in [0.5, 0.6) is 0 Å². The number of nitrogens with zero attached hydrogens (tertiary/aromatic N) is 1. The fraction of sp³-hybridized carbons (Fsp3) is 0.238. The number of amides is 1. The van der Waals surface area contributed by atoms with Crippen LogP contribution in [0.15, 0.2) is 65.6 Å². The molecule has 3 nitrogen and oxygen atoms in total. The number of hydrogen-bond donors (Lipinski definition) is 1. The van der Waals surface area contributed by atoms with Crippen molar-refractivity contribution in [2.24, 2.45) is 0 Å². The number of thiophene rings is 1. The van der Waals surface area contributed by atoms with Gasteiger partial charge in [0, 0.05) is 18.9 Å². The van der Waals surface area contributed by atoms with Gasteiger partial charge in [0.25, 0.3) is 5.91 Å². The number of nitrogens with one attached hydrogen (secondary N) is 1. The summed E-state index contributed by atoms with van der Waals surface area (Å²) in [6.07, 6.45) is 3.24. The van der Waals surface area contributed by atoms with Crippen LogP contribution in [0.3, 0.4) is 0 Å². The number of benzene rings is 1. The summed E-state index contributed by atoms with van der Waals surface area (Å²) in [5.74, 6) is 0.173. The minimum Gasteiger partial charge on any atom is -0.351 e. The Hall–Kier alpha value is -2.46. The first-order valence-electron chi connectivity index (χ1n) is 8.55. The highest BCUT2D eigenvalue weighted by atomic mass is 32.1. The van der Waals surface area contributed by atoms with Crippen LogP contribution in [0.4, 0.5) is 0 Å². The minimum absolute atomic E-state index is 0.0835. The van der Waals surface area contributed by atoms with Gasteiger partial charge in [0.05, 0.1) is 5.56 Å². The molecule has 1 unspecified atom stereocenters. The Labute approximate surface area is 153 Å². The van der Waals surface area contributed by atoms with E-state index in [1.165, 1.54) is 16.7 Å². The number of aromatic nitrogens is 1. The lowest BCUT2D eigenvalue weighted by Crippen LogP contribution is -2.27. The lowest BCUT2D eigenvalue weighted by molar-refractivity contribution is 0.0951. The van der Waals surface area contributed by atoms with Gasteiger partial charge in [0.1, 0.15) is 0 Å². The van der Waals surface area contributed by atoms with Crippen molar-refractivity contribution in [2.75, 3.05) is 6.54 Å². The average molecular weight is 353 g/mol. The highest BCUT2D eigenvalue weighted by Crippen LogP contribution is 2.24. The van der Waals surface area contributed by atoms with Crippen LogP contribution in [-0.4, -0.2) is 17.4 Å². The first kappa shape index (κ1) is 18.9. The second-order valence-corrected chi connectivity index (χ2v) is 6.27. The summed E-state index contributed by atoms with van der Waals surface area (Å²) in [7, 11) is 0. The molecule has 1 N–H and O–H groups in total. The molecule has 0 fully saturated rings. The SMILES string of the molecule is CC.CC(CNC(=O)c1cccnc1)c1ccc(-c2ccsc2)cc1. The molecule has 3 aromatic rings. The zero-order valence-electron chi connectivity index (χ0n) is 14.9. The van der Waals surface area contributed by atoms with Gasteiger partial charge < -0.3 is 5.32 Å².